The van der Waals surface area contributed by atoms with Gasteiger partial charge in [0.25, 0.3) is 0 Å². The van der Waals surface area contributed by atoms with Crippen LogP contribution in [0.15, 0.2) is 18.2 Å². The van der Waals surface area contributed by atoms with Crippen LogP contribution in [0, 0.1) is 0 Å². The summed E-state index contributed by atoms with van der Waals surface area (Å²) in [5.74, 6) is 0.00124. The minimum Gasteiger partial charge on any atom is -0.385 e. The lowest BCUT2D eigenvalue weighted by atomic mass is 10.2. The predicted molar refractivity (Wildman–Crippen MR) is 82.4 cm³/mol. The normalized spacial score (nSPS) is 12.2. The maximum absolute atomic E-state index is 12.4. The number of imidazole rings is 1. The maximum Gasteiger partial charge on any atom is 0.244 e. The molecule has 1 aromatic carbocycles. The smallest absolute Gasteiger partial charge is 0.244 e. The number of hydrogen-bond acceptors (Lipinski definition) is 5. The van der Waals surface area contributed by atoms with Crippen molar-refractivity contribution in [2.45, 2.75) is 32.4 Å². The Bertz CT molecular complexity index is 719. The molecule has 0 aliphatic heterocycles. The van der Waals surface area contributed by atoms with Crippen LogP contribution < -0.4 is 11.1 Å². The van der Waals surface area contributed by atoms with E-state index >= 15 is 0 Å². The third kappa shape index (κ3) is 2.45. The molecule has 110 valence electrons. The minimum atomic E-state index is -3.53. The SMILES string of the molecule is CCCNc1ccc2nc(N)n(S(=O)(=O)C(C)C)c2c1. The van der Waals surface area contributed by atoms with Crippen LogP contribution >= 0.6 is 0 Å². The second-order valence-corrected chi connectivity index (χ2v) is 7.30. The number of nitrogens with two attached hydrogens (primary N) is 1. The monoisotopic (exact) mass is 296 g/mol. The van der Waals surface area contributed by atoms with Crippen LogP contribution in [0.1, 0.15) is 27.2 Å². The van der Waals surface area contributed by atoms with Crippen LogP contribution in [0.2, 0.25) is 0 Å². The predicted octanol–water partition coefficient (Wildman–Crippen LogP) is 2.03. The zero-order chi connectivity index (χ0) is 14.9. The van der Waals surface area contributed by atoms with E-state index in [0.29, 0.717) is 11.0 Å². The molecule has 1 aromatic heterocycles. The molecule has 0 unspecified atom stereocenters. The zero-order valence-electron chi connectivity index (χ0n) is 11.9. The third-order valence-electron chi connectivity index (χ3n) is 3.07. The second kappa shape index (κ2) is 5.32. The number of rotatable bonds is 5. The lowest BCUT2D eigenvalue weighted by Crippen LogP contribution is -2.23. The summed E-state index contributed by atoms with van der Waals surface area (Å²) in [5, 5.41) is 2.67. The van der Waals surface area contributed by atoms with Crippen molar-refractivity contribution in [1.82, 2.24) is 8.96 Å². The van der Waals surface area contributed by atoms with Crippen molar-refractivity contribution in [2.24, 2.45) is 0 Å². The van der Waals surface area contributed by atoms with Gasteiger partial charge < -0.3 is 11.1 Å². The Hall–Kier alpha value is -1.76. The first kappa shape index (κ1) is 14.6. The highest BCUT2D eigenvalue weighted by Crippen LogP contribution is 2.25. The number of hydrogen-bond donors (Lipinski definition) is 2. The molecule has 0 atom stereocenters. The first-order chi connectivity index (χ1) is 9.37. The molecule has 0 amide bonds. The topological polar surface area (TPSA) is 90.0 Å². The molecule has 20 heavy (non-hydrogen) atoms. The average molecular weight is 296 g/mol. The first-order valence-electron chi connectivity index (χ1n) is 6.64. The molecule has 1 heterocycles. The molecule has 3 N–H and O–H groups in total. The molecule has 6 nitrogen and oxygen atoms in total. The van der Waals surface area contributed by atoms with E-state index in [1.165, 1.54) is 0 Å². The number of benzene rings is 1. The van der Waals surface area contributed by atoms with Crippen molar-refractivity contribution in [3.63, 3.8) is 0 Å². The molecule has 2 rings (SSSR count). The van der Waals surface area contributed by atoms with E-state index in [1.807, 2.05) is 6.07 Å². The Morgan fingerprint density at radius 3 is 2.70 bits per heavy atom. The summed E-state index contributed by atoms with van der Waals surface area (Å²) in [6.07, 6.45) is 0.990. The number of fused-ring (bicyclic) bond motifs is 1. The average Bonchev–Trinajstić information content (AvgIpc) is 2.71. The Balaban J connectivity index is 2.62. The van der Waals surface area contributed by atoms with Gasteiger partial charge in [-0.1, -0.05) is 6.92 Å². The summed E-state index contributed by atoms with van der Waals surface area (Å²) >= 11 is 0. The molecule has 2 aromatic rings. The highest BCUT2D eigenvalue weighted by molar-refractivity contribution is 7.90. The first-order valence-corrected chi connectivity index (χ1v) is 8.14. The minimum absolute atomic E-state index is 0.00124. The number of anilines is 2. The largest absolute Gasteiger partial charge is 0.385 e. The Morgan fingerprint density at radius 1 is 1.40 bits per heavy atom. The Kier molecular flexibility index (Phi) is 3.89. The van der Waals surface area contributed by atoms with Crippen LogP contribution in [0.5, 0.6) is 0 Å². The van der Waals surface area contributed by atoms with E-state index in [1.54, 1.807) is 26.0 Å². The zero-order valence-corrected chi connectivity index (χ0v) is 12.7. The van der Waals surface area contributed by atoms with Crippen molar-refractivity contribution in [2.75, 3.05) is 17.6 Å². The lowest BCUT2D eigenvalue weighted by molar-refractivity contribution is 0.580. The van der Waals surface area contributed by atoms with Crippen molar-refractivity contribution in [3.05, 3.63) is 18.2 Å². The van der Waals surface area contributed by atoms with E-state index in [0.717, 1.165) is 22.6 Å². The summed E-state index contributed by atoms with van der Waals surface area (Å²) in [4.78, 5) is 4.12. The van der Waals surface area contributed by atoms with Crippen molar-refractivity contribution < 1.29 is 8.42 Å². The van der Waals surface area contributed by atoms with Gasteiger partial charge in [-0.3, -0.25) is 0 Å². The molecule has 0 fully saturated rings. The highest BCUT2D eigenvalue weighted by atomic mass is 32.2. The van der Waals surface area contributed by atoms with Crippen LogP contribution in [0.3, 0.4) is 0 Å². The fourth-order valence-corrected chi connectivity index (χ4v) is 3.07. The molecule has 0 saturated carbocycles. The van der Waals surface area contributed by atoms with E-state index in [2.05, 4.69) is 17.2 Å². The summed E-state index contributed by atoms with van der Waals surface area (Å²) < 4.78 is 25.9. The number of nitrogens with one attached hydrogen (secondary N) is 1. The Labute approximate surface area is 119 Å². The highest BCUT2D eigenvalue weighted by Gasteiger charge is 2.24. The van der Waals surface area contributed by atoms with Crippen molar-refractivity contribution in [3.8, 4) is 0 Å². The molecular weight excluding hydrogens is 276 g/mol. The van der Waals surface area contributed by atoms with Gasteiger partial charge in [-0.25, -0.2) is 17.4 Å². The van der Waals surface area contributed by atoms with Crippen LogP contribution in [0.4, 0.5) is 11.6 Å². The summed E-state index contributed by atoms with van der Waals surface area (Å²) in [6.45, 7) is 6.14. The van der Waals surface area contributed by atoms with Gasteiger partial charge in [0.15, 0.2) is 0 Å². The van der Waals surface area contributed by atoms with E-state index in [-0.39, 0.29) is 5.95 Å². The van der Waals surface area contributed by atoms with Crippen molar-refractivity contribution >= 4 is 32.7 Å². The van der Waals surface area contributed by atoms with Gasteiger partial charge >= 0.3 is 0 Å². The molecular formula is C13H20N4O2S. The molecule has 0 bridgehead atoms. The van der Waals surface area contributed by atoms with Gasteiger partial charge in [0.05, 0.1) is 16.3 Å². The third-order valence-corrected chi connectivity index (χ3v) is 5.15. The molecule has 0 saturated heterocycles. The second-order valence-electron chi connectivity index (χ2n) is 4.96. The number of nitrogens with zero attached hydrogens (tertiary/aromatic N) is 2. The van der Waals surface area contributed by atoms with Crippen LogP contribution in [-0.4, -0.2) is 29.2 Å². The van der Waals surface area contributed by atoms with E-state index in [4.69, 9.17) is 5.73 Å². The molecule has 0 aliphatic rings. The fraction of sp³-hybridized carbons (Fsp3) is 0.462. The Morgan fingerprint density at radius 2 is 2.10 bits per heavy atom. The van der Waals surface area contributed by atoms with E-state index in [9.17, 15) is 8.42 Å². The summed E-state index contributed by atoms with van der Waals surface area (Å²) in [7, 11) is -3.53. The summed E-state index contributed by atoms with van der Waals surface area (Å²) in [5.41, 5.74) is 7.73. The summed E-state index contributed by atoms with van der Waals surface area (Å²) in [6, 6.07) is 5.42. The fourth-order valence-electron chi connectivity index (χ4n) is 1.93. The molecule has 0 aliphatic carbocycles. The van der Waals surface area contributed by atoms with Gasteiger partial charge in [-0.2, -0.15) is 0 Å². The maximum atomic E-state index is 12.4. The number of aromatic nitrogens is 2. The van der Waals surface area contributed by atoms with Gasteiger partial charge in [-0.15, -0.1) is 0 Å². The van der Waals surface area contributed by atoms with Crippen LogP contribution in [-0.2, 0) is 10.0 Å². The van der Waals surface area contributed by atoms with Crippen LogP contribution in [0.25, 0.3) is 11.0 Å². The van der Waals surface area contributed by atoms with E-state index < -0.39 is 15.3 Å². The van der Waals surface area contributed by atoms with Gasteiger partial charge in [0.2, 0.25) is 16.0 Å². The quantitative estimate of drug-likeness (QED) is 0.881. The van der Waals surface area contributed by atoms with Gasteiger partial charge in [-0.05, 0) is 38.5 Å². The molecule has 0 radical (unpaired) electrons. The van der Waals surface area contributed by atoms with Crippen molar-refractivity contribution in [1.29, 1.82) is 0 Å². The lowest BCUT2D eigenvalue weighted by Gasteiger charge is -2.11. The molecule has 7 heteroatoms. The number of nitrogen functional groups attached to an aromatic ring is 1. The van der Waals surface area contributed by atoms with Gasteiger partial charge in [0.1, 0.15) is 0 Å². The van der Waals surface area contributed by atoms with Gasteiger partial charge in [0, 0.05) is 12.2 Å². The molecule has 0 spiro atoms. The standard InChI is InChI=1S/C13H20N4O2S/c1-4-7-15-10-5-6-11-12(8-10)17(13(14)16-11)20(18,19)9(2)3/h5-6,8-9,15H,4,7H2,1-3H3,(H2,14,16).